The molecule has 0 unspecified atom stereocenters. The Bertz CT molecular complexity index is 1300. The van der Waals surface area contributed by atoms with Crippen molar-refractivity contribution in [1.29, 1.82) is 0 Å². The van der Waals surface area contributed by atoms with Crippen molar-refractivity contribution in [3.63, 3.8) is 0 Å². The maximum Gasteiger partial charge on any atom is 0.261 e. The van der Waals surface area contributed by atoms with E-state index in [9.17, 15) is 18.0 Å². The number of halogens is 1. The predicted octanol–water partition coefficient (Wildman–Crippen LogP) is 4.64. The minimum absolute atomic E-state index is 0.0660. The van der Waals surface area contributed by atoms with Crippen LogP contribution in [0.15, 0.2) is 64.0 Å². The first-order valence-corrected chi connectivity index (χ1v) is 11.1. The average Bonchev–Trinajstić information content (AvgIpc) is 2.68. The molecule has 0 atom stereocenters. The Morgan fingerprint density at radius 2 is 1.38 bits per heavy atom. The molecule has 3 aromatic carbocycles. The summed E-state index contributed by atoms with van der Waals surface area (Å²) < 4.78 is 28.9. The van der Waals surface area contributed by atoms with Gasteiger partial charge in [0.05, 0.1) is 21.7 Å². The molecule has 3 aromatic rings. The zero-order valence-corrected chi connectivity index (χ0v) is 18.0. The highest BCUT2D eigenvalue weighted by atomic mass is 79.9. The fraction of sp³-hybridized carbons (Fsp3) is 0.0909. The molecule has 7 heteroatoms. The molecule has 1 aliphatic carbocycles. The average molecular weight is 470 g/mol. The molecule has 0 bridgehead atoms. The van der Waals surface area contributed by atoms with Crippen LogP contribution >= 0.6 is 15.9 Å². The van der Waals surface area contributed by atoms with E-state index in [0.717, 1.165) is 5.56 Å². The van der Waals surface area contributed by atoms with Crippen molar-refractivity contribution in [3.8, 4) is 0 Å². The Balaban J connectivity index is 1.91. The number of benzene rings is 3. The maximum absolute atomic E-state index is 13.2. The van der Waals surface area contributed by atoms with E-state index < -0.39 is 10.0 Å². The number of aryl methyl sites for hydroxylation is 2. The highest BCUT2D eigenvalue weighted by molar-refractivity contribution is 9.10. The van der Waals surface area contributed by atoms with Crippen LogP contribution in [-0.4, -0.2) is 20.0 Å². The number of hydrogen-bond acceptors (Lipinski definition) is 4. The van der Waals surface area contributed by atoms with Gasteiger partial charge in [-0.2, -0.15) is 0 Å². The molecule has 29 heavy (non-hydrogen) atoms. The minimum Gasteiger partial charge on any atom is -0.289 e. The van der Waals surface area contributed by atoms with Crippen LogP contribution in [0.5, 0.6) is 0 Å². The maximum atomic E-state index is 13.2. The van der Waals surface area contributed by atoms with E-state index in [1.807, 2.05) is 6.92 Å². The summed E-state index contributed by atoms with van der Waals surface area (Å²) in [6.07, 6.45) is 0. The molecule has 146 valence electrons. The Labute approximate surface area is 177 Å². The number of ketones is 2. The number of rotatable bonds is 3. The normalized spacial score (nSPS) is 13.1. The van der Waals surface area contributed by atoms with Gasteiger partial charge in [-0.3, -0.25) is 14.3 Å². The van der Waals surface area contributed by atoms with Gasteiger partial charge in [0.25, 0.3) is 10.0 Å². The Hall–Kier alpha value is -2.77. The van der Waals surface area contributed by atoms with Crippen LogP contribution in [0.25, 0.3) is 0 Å². The molecular formula is C22H16BrNO4S. The van der Waals surface area contributed by atoms with Gasteiger partial charge in [-0.15, -0.1) is 0 Å². The van der Waals surface area contributed by atoms with Crippen LogP contribution in [0.4, 0.5) is 5.69 Å². The van der Waals surface area contributed by atoms with Crippen molar-refractivity contribution in [3.05, 3.63) is 92.5 Å². The number of carbonyl (C=O) groups is 2. The van der Waals surface area contributed by atoms with Crippen LogP contribution in [0.3, 0.4) is 0 Å². The second-order valence-electron chi connectivity index (χ2n) is 6.92. The third-order valence-electron chi connectivity index (χ3n) is 4.91. The van der Waals surface area contributed by atoms with E-state index in [-0.39, 0.29) is 38.8 Å². The standard InChI is InChI=1S/C22H16BrNO4S/c1-12-7-9-14(10-8-12)29(27,28)24-20-13(2)11-17(23)18-19(20)22(26)16-6-4-3-5-15(16)21(18)25/h3-11,24H,1-2H3. The number of fused-ring (bicyclic) bond motifs is 2. The molecule has 4 rings (SSSR count). The van der Waals surface area contributed by atoms with Gasteiger partial charge < -0.3 is 0 Å². The topological polar surface area (TPSA) is 80.3 Å². The van der Waals surface area contributed by atoms with E-state index in [1.54, 1.807) is 49.4 Å². The zero-order valence-electron chi connectivity index (χ0n) is 15.6. The highest BCUT2D eigenvalue weighted by Gasteiger charge is 2.35. The smallest absolute Gasteiger partial charge is 0.261 e. The van der Waals surface area contributed by atoms with Crippen molar-refractivity contribution in [2.75, 3.05) is 4.72 Å². The van der Waals surface area contributed by atoms with E-state index >= 15 is 0 Å². The summed E-state index contributed by atoms with van der Waals surface area (Å²) in [6.45, 7) is 3.55. The molecule has 0 heterocycles. The van der Waals surface area contributed by atoms with E-state index in [0.29, 0.717) is 15.6 Å². The molecule has 1 N–H and O–H groups in total. The quantitative estimate of drug-likeness (QED) is 0.473. The number of hydrogen-bond donors (Lipinski definition) is 1. The Morgan fingerprint density at radius 3 is 1.97 bits per heavy atom. The molecule has 0 radical (unpaired) electrons. The third kappa shape index (κ3) is 3.20. The lowest BCUT2D eigenvalue weighted by Crippen LogP contribution is -2.25. The van der Waals surface area contributed by atoms with Crippen molar-refractivity contribution in [2.45, 2.75) is 18.7 Å². The fourth-order valence-corrected chi connectivity index (χ4v) is 5.28. The molecule has 0 saturated heterocycles. The molecule has 0 fully saturated rings. The summed E-state index contributed by atoms with van der Waals surface area (Å²) in [5.41, 5.74) is 2.39. The number of nitrogens with one attached hydrogen (secondary N) is 1. The largest absolute Gasteiger partial charge is 0.289 e. The first-order valence-electron chi connectivity index (χ1n) is 8.81. The molecule has 5 nitrogen and oxygen atoms in total. The Kier molecular flexibility index (Phi) is 4.67. The molecule has 0 aromatic heterocycles. The van der Waals surface area contributed by atoms with Crippen molar-refractivity contribution >= 4 is 43.2 Å². The lowest BCUT2D eigenvalue weighted by molar-refractivity contribution is 0.0979. The second kappa shape index (κ2) is 6.93. The van der Waals surface area contributed by atoms with Gasteiger partial charge in [0.1, 0.15) is 0 Å². The van der Waals surface area contributed by atoms with Crippen LogP contribution in [0.1, 0.15) is 43.0 Å². The molecule has 1 aliphatic rings. The van der Waals surface area contributed by atoms with Gasteiger partial charge in [0.2, 0.25) is 0 Å². The fourth-order valence-electron chi connectivity index (χ4n) is 3.42. The molecule has 0 saturated carbocycles. The number of carbonyl (C=O) groups excluding carboxylic acids is 2. The minimum atomic E-state index is -3.95. The highest BCUT2D eigenvalue weighted by Crippen LogP contribution is 2.39. The Morgan fingerprint density at radius 1 is 0.828 bits per heavy atom. The van der Waals surface area contributed by atoms with Crippen LogP contribution in [0.2, 0.25) is 0 Å². The molecular weight excluding hydrogens is 454 g/mol. The first-order chi connectivity index (χ1) is 13.7. The van der Waals surface area contributed by atoms with Gasteiger partial charge in [0, 0.05) is 15.6 Å². The monoisotopic (exact) mass is 469 g/mol. The summed E-state index contributed by atoms with van der Waals surface area (Å²) in [4.78, 5) is 26.4. The van der Waals surface area contributed by atoms with Crippen LogP contribution < -0.4 is 4.72 Å². The van der Waals surface area contributed by atoms with E-state index in [1.165, 1.54) is 12.1 Å². The zero-order chi connectivity index (χ0) is 20.9. The van der Waals surface area contributed by atoms with Gasteiger partial charge in [0.15, 0.2) is 11.6 Å². The van der Waals surface area contributed by atoms with Gasteiger partial charge in [-0.1, -0.05) is 42.0 Å². The number of anilines is 1. The van der Waals surface area contributed by atoms with E-state index in [2.05, 4.69) is 20.7 Å². The summed E-state index contributed by atoms with van der Waals surface area (Å²) in [7, 11) is -3.95. The summed E-state index contributed by atoms with van der Waals surface area (Å²) in [6, 6.07) is 14.6. The molecule has 0 amide bonds. The van der Waals surface area contributed by atoms with Crippen LogP contribution in [0, 0.1) is 13.8 Å². The van der Waals surface area contributed by atoms with Crippen molar-refractivity contribution < 1.29 is 18.0 Å². The second-order valence-corrected chi connectivity index (χ2v) is 9.46. The van der Waals surface area contributed by atoms with Crippen LogP contribution in [-0.2, 0) is 10.0 Å². The summed E-state index contributed by atoms with van der Waals surface area (Å²) >= 11 is 3.37. The third-order valence-corrected chi connectivity index (χ3v) is 6.91. The van der Waals surface area contributed by atoms with Gasteiger partial charge in [-0.05, 0) is 53.5 Å². The molecule has 0 aliphatic heterocycles. The van der Waals surface area contributed by atoms with E-state index in [4.69, 9.17) is 0 Å². The SMILES string of the molecule is Cc1ccc(S(=O)(=O)Nc2c(C)cc(Br)c3c2C(=O)c2ccccc2C3=O)cc1. The lowest BCUT2D eigenvalue weighted by Gasteiger charge is -2.23. The van der Waals surface area contributed by atoms with Crippen molar-refractivity contribution in [1.82, 2.24) is 0 Å². The summed E-state index contributed by atoms with van der Waals surface area (Å²) in [5.74, 6) is -0.709. The number of sulfonamides is 1. The first kappa shape index (κ1) is 19.5. The van der Waals surface area contributed by atoms with Crippen molar-refractivity contribution in [2.24, 2.45) is 0 Å². The lowest BCUT2D eigenvalue weighted by atomic mass is 9.82. The van der Waals surface area contributed by atoms with Gasteiger partial charge in [-0.25, -0.2) is 8.42 Å². The van der Waals surface area contributed by atoms with Gasteiger partial charge >= 0.3 is 0 Å². The summed E-state index contributed by atoms with van der Waals surface area (Å²) in [5, 5.41) is 0. The predicted molar refractivity (Wildman–Crippen MR) is 114 cm³/mol. The molecule has 0 spiro atoms.